The maximum Gasteiger partial charge on any atom is 0.189 e. The molecule has 0 spiro atoms. The van der Waals surface area contributed by atoms with E-state index in [2.05, 4.69) is 10.3 Å². The Hall–Kier alpha value is -3.29. The van der Waals surface area contributed by atoms with Gasteiger partial charge in [0.1, 0.15) is 23.0 Å². The zero-order chi connectivity index (χ0) is 18.3. The summed E-state index contributed by atoms with van der Waals surface area (Å²) in [7, 11) is 3.49. The smallest absolute Gasteiger partial charge is 0.189 e. The first kappa shape index (κ1) is 16.6. The number of nitrogens with zero attached hydrogens (tertiary/aromatic N) is 4. The van der Waals surface area contributed by atoms with Crippen LogP contribution in [0.1, 0.15) is 11.3 Å². The quantitative estimate of drug-likeness (QED) is 0.294. The van der Waals surface area contributed by atoms with Crippen molar-refractivity contribution >= 4 is 5.84 Å². The largest absolute Gasteiger partial charge is 0.508 e. The number of halogens is 1. The van der Waals surface area contributed by atoms with Crippen LogP contribution in [0, 0.1) is 12.7 Å². The van der Waals surface area contributed by atoms with Crippen LogP contribution in [0.25, 0.3) is 22.5 Å². The monoisotopic (exact) mass is 343 g/mol. The first-order valence-electron chi connectivity index (χ1n) is 7.51. The van der Waals surface area contributed by atoms with E-state index in [0.717, 1.165) is 17.3 Å². The number of amidine groups is 1. The van der Waals surface area contributed by atoms with E-state index in [9.17, 15) is 9.50 Å². The molecule has 0 amide bonds. The minimum Gasteiger partial charge on any atom is -0.508 e. The molecular formula is C17H18FN5O2. The second-order valence-electron chi connectivity index (χ2n) is 5.80. The number of phenols is 1. The van der Waals surface area contributed by atoms with Crippen LogP contribution in [0.4, 0.5) is 4.39 Å². The van der Waals surface area contributed by atoms with E-state index in [0.29, 0.717) is 17.0 Å². The lowest BCUT2D eigenvalue weighted by Gasteiger charge is -2.10. The summed E-state index contributed by atoms with van der Waals surface area (Å²) in [5.74, 6) is -0.918. The molecule has 25 heavy (non-hydrogen) atoms. The van der Waals surface area contributed by atoms with Gasteiger partial charge in [0.25, 0.3) is 0 Å². The molecule has 0 unspecified atom stereocenters. The molecule has 4 N–H and O–H groups in total. The number of rotatable bonds is 3. The number of aromatic nitrogens is 3. The van der Waals surface area contributed by atoms with Crippen LogP contribution in [-0.4, -0.2) is 30.5 Å². The minimum absolute atomic E-state index is 0.129. The molecule has 0 aliphatic heterocycles. The van der Waals surface area contributed by atoms with Gasteiger partial charge in [-0.05, 0) is 30.7 Å². The van der Waals surface area contributed by atoms with E-state index in [-0.39, 0.29) is 17.1 Å². The van der Waals surface area contributed by atoms with Gasteiger partial charge >= 0.3 is 0 Å². The summed E-state index contributed by atoms with van der Waals surface area (Å²) in [4.78, 5) is 0. The third-order valence-electron chi connectivity index (χ3n) is 4.12. The third-order valence-corrected chi connectivity index (χ3v) is 4.12. The van der Waals surface area contributed by atoms with Crippen molar-refractivity contribution in [2.24, 2.45) is 25.0 Å². The number of aryl methyl sites for hydroxylation is 3. The molecule has 8 heteroatoms. The number of oxime groups is 1. The lowest BCUT2D eigenvalue weighted by atomic mass is 10.00. The van der Waals surface area contributed by atoms with Crippen molar-refractivity contribution in [2.45, 2.75) is 6.92 Å². The van der Waals surface area contributed by atoms with Gasteiger partial charge in [0, 0.05) is 31.9 Å². The molecule has 0 bridgehead atoms. The summed E-state index contributed by atoms with van der Waals surface area (Å²) in [6, 6.07) is 5.77. The first-order chi connectivity index (χ1) is 11.8. The highest BCUT2D eigenvalue weighted by atomic mass is 19.1. The molecule has 3 aromatic rings. The molecule has 7 nitrogen and oxygen atoms in total. The molecule has 1 aromatic carbocycles. The van der Waals surface area contributed by atoms with Crippen LogP contribution in [0.5, 0.6) is 5.75 Å². The van der Waals surface area contributed by atoms with E-state index in [1.165, 1.54) is 16.8 Å². The molecule has 0 aliphatic rings. The van der Waals surface area contributed by atoms with E-state index >= 15 is 0 Å². The van der Waals surface area contributed by atoms with E-state index in [1.54, 1.807) is 7.05 Å². The molecular weight excluding hydrogens is 325 g/mol. The van der Waals surface area contributed by atoms with Crippen LogP contribution in [0.2, 0.25) is 0 Å². The Kier molecular flexibility index (Phi) is 3.96. The summed E-state index contributed by atoms with van der Waals surface area (Å²) >= 11 is 0. The predicted molar refractivity (Wildman–Crippen MR) is 91.9 cm³/mol. The van der Waals surface area contributed by atoms with Gasteiger partial charge in [-0.3, -0.25) is 4.68 Å². The first-order valence-corrected chi connectivity index (χ1v) is 7.51. The predicted octanol–water partition coefficient (Wildman–Crippen LogP) is 2.34. The lowest BCUT2D eigenvalue weighted by Crippen LogP contribution is -2.18. The topological polar surface area (TPSA) is 102 Å². The summed E-state index contributed by atoms with van der Waals surface area (Å²) in [6.45, 7) is 1.91. The fourth-order valence-electron chi connectivity index (χ4n) is 3.00. The zero-order valence-corrected chi connectivity index (χ0v) is 14.0. The van der Waals surface area contributed by atoms with Crippen molar-refractivity contribution in [1.82, 2.24) is 14.3 Å². The fraction of sp³-hybridized carbons (Fsp3) is 0.176. The average Bonchev–Trinajstić information content (AvgIpc) is 3.06. The van der Waals surface area contributed by atoms with Gasteiger partial charge in [0.05, 0.1) is 11.3 Å². The second kappa shape index (κ2) is 5.97. The van der Waals surface area contributed by atoms with E-state index in [1.807, 2.05) is 30.8 Å². The van der Waals surface area contributed by atoms with E-state index in [4.69, 9.17) is 10.9 Å². The highest BCUT2D eigenvalue weighted by molar-refractivity contribution is 6.04. The number of phenolic OH excluding ortho intramolecular Hbond substituents is 1. The van der Waals surface area contributed by atoms with Crippen molar-refractivity contribution in [3.05, 3.63) is 47.5 Å². The molecule has 2 heterocycles. The Morgan fingerprint density at radius 1 is 1.28 bits per heavy atom. The maximum atomic E-state index is 14.5. The fourth-order valence-corrected chi connectivity index (χ4v) is 3.00. The van der Waals surface area contributed by atoms with Gasteiger partial charge in [-0.1, -0.05) is 5.16 Å². The van der Waals surface area contributed by atoms with Gasteiger partial charge in [-0.2, -0.15) is 5.10 Å². The molecule has 2 aromatic heterocycles. The highest BCUT2D eigenvalue weighted by Crippen LogP contribution is 2.37. The van der Waals surface area contributed by atoms with Crippen LogP contribution in [0.15, 0.2) is 35.6 Å². The standard InChI is InChI=1S/C17H18FN5O2/c1-9-6-7-22(2)15(9)13-14(11-5-4-10(24)8-12(11)18)20-23(3)16(13)17(19)21-25/h4-8,24-25H,1-3H3,(H2,19,21). The second-order valence-corrected chi connectivity index (χ2v) is 5.80. The summed E-state index contributed by atoms with van der Waals surface area (Å²) in [5.41, 5.74) is 9.03. The summed E-state index contributed by atoms with van der Waals surface area (Å²) in [6.07, 6.45) is 1.87. The Morgan fingerprint density at radius 3 is 2.56 bits per heavy atom. The van der Waals surface area contributed by atoms with Gasteiger partial charge in [-0.25, -0.2) is 4.39 Å². The Morgan fingerprint density at radius 2 is 2.00 bits per heavy atom. The highest BCUT2D eigenvalue weighted by Gasteiger charge is 2.26. The molecule has 0 saturated carbocycles. The molecule has 0 fully saturated rings. The molecule has 0 aliphatic carbocycles. The van der Waals surface area contributed by atoms with Crippen LogP contribution >= 0.6 is 0 Å². The van der Waals surface area contributed by atoms with Gasteiger partial charge < -0.3 is 20.6 Å². The van der Waals surface area contributed by atoms with Crippen LogP contribution < -0.4 is 5.73 Å². The van der Waals surface area contributed by atoms with Gasteiger partial charge in [0.2, 0.25) is 0 Å². The number of benzene rings is 1. The molecule has 0 saturated heterocycles. The average molecular weight is 343 g/mol. The maximum absolute atomic E-state index is 14.5. The Balaban J connectivity index is 2.41. The number of aromatic hydroxyl groups is 1. The van der Waals surface area contributed by atoms with Gasteiger partial charge in [0.15, 0.2) is 5.84 Å². The van der Waals surface area contributed by atoms with Crippen molar-refractivity contribution in [2.75, 3.05) is 0 Å². The van der Waals surface area contributed by atoms with Gasteiger partial charge in [-0.15, -0.1) is 0 Å². The normalized spacial score (nSPS) is 11.9. The van der Waals surface area contributed by atoms with Crippen molar-refractivity contribution < 1.29 is 14.7 Å². The number of hydrogen-bond donors (Lipinski definition) is 3. The van der Waals surface area contributed by atoms with E-state index < -0.39 is 5.82 Å². The molecule has 130 valence electrons. The zero-order valence-electron chi connectivity index (χ0n) is 14.0. The third kappa shape index (κ3) is 2.61. The SMILES string of the molecule is Cc1ccn(C)c1-c1c(-c2ccc(O)cc2F)nn(C)c1/C(N)=N/O. The van der Waals surface area contributed by atoms with Crippen LogP contribution in [-0.2, 0) is 14.1 Å². The molecule has 0 radical (unpaired) electrons. The van der Waals surface area contributed by atoms with Crippen molar-refractivity contribution in [1.29, 1.82) is 0 Å². The number of nitrogens with two attached hydrogens (primary N) is 1. The lowest BCUT2D eigenvalue weighted by molar-refractivity contribution is 0.318. The Labute approximate surface area is 143 Å². The van der Waals surface area contributed by atoms with Crippen LogP contribution in [0.3, 0.4) is 0 Å². The summed E-state index contributed by atoms with van der Waals surface area (Å²) in [5, 5.41) is 26.1. The number of hydrogen-bond acceptors (Lipinski definition) is 4. The van der Waals surface area contributed by atoms with Crippen molar-refractivity contribution in [3.8, 4) is 28.3 Å². The van der Waals surface area contributed by atoms with Crippen molar-refractivity contribution in [3.63, 3.8) is 0 Å². The minimum atomic E-state index is -0.614. The summed E-state index contributed by atoms with van der Waals surface area (Å²) < 4.78 is 17.8. The molecule has 3 rings (SSSR count). The molecule has 0 atom stereocenters. The Bertz CT molecular complexity index is 968.